The quantitative estimate of drug-likeness (QED) is 0.368. The highest BCUT2D eigenvalue weighted by atomic mass is 16.5. The van der Waals surface area contributed by atoms with Crippen molar-refractivity contribution >= 4 is 29.1 Å². The van der Waals surface area contributed by atoms with Crippen LogP contribution in [0.5, 0.6) is 5.75 Å². The fourth-order valence-electron chi connectivity index (χ4n) is 2.30. The molecule has 2 amide bonds. The van der Waals surface area contributed by atoms with Crippen LogP contribution in [0.25, 0.3) is 0 Å². The molecule has 0 unspecified atom stereocenters. The van der Waals surface area contributed by atoms with Crippen molar-refractivity contribution in [2.45, 2.75) is 0 Å². The first kappa shape index (κ1) is 19.4. The topological polar surface area (TPSA) is 156 Å². The van der Waals surface area contributed by atoms with E-state index < -0.39 is 11.8 Å². The van der Waals surface area contributed by atoms with Crippen molar-refractivity contribution in [2.75, 3.05) is 23.7 Å². The molecule has 0 aliphatic carbocycles. The number of amides is 2. The predicted molar refractivity (Wildman–Crippen MR) is 106 cm³/mol. The van der Waals surface area contributed by atoms with Gasteiger partial charge in [0.25, 0.3) is 11.8 Å². The second-order valence-corrected chi connectivity index (χ2v) is 5.58. The zero-order valence-corrected chi connectivity index (χ0v) is 15.3. The van der Waals surface area contributed by atoms with Crippen LogP contribution in [0.1, 0.15) is 20.7 Å². The van der Waals surface area contributed by atoms with Crippen LogP contribution in [0, 0.1) is 0 Å². The molecule has 0 bridgehead atoms. The van der Waals surface area contributed by atoms with E-state index in [-0.39, 0.29) is 17.3 Å². The number of rotatable bonds is 7. The van der Waals surface area contributed by atoms with Crippen molar-refractivity contribution in [1.82, 2.24) is 25.8 Å². The Labute approximate surface area is 165 Å². The molecule has 11 heteroatoms. The Bertz CT molecular complexity index is 1010. The first-order valence-corrected chi connectivity index (χ1v) is 8.36. The van der Waals surface area contributed by atoms with Gasteiger partial charge in [-0.2, -0.15) is 0 Å². The molecule has 0 fully saturated rings. The van der Waals surface area contributed by atoms with Crippen molar-refractivity contribution in [3.05, 3.63) is 66.2 Å². The van der Waals surface area contributed by atoms with Gasteiger partial charge in [0, 0.05) is 12.4 Å². The summed E-state index contributed by atoms with van der Waals surface area (Å²) in [6.07, 6.45) is 4.19. The average molecular weight is 394 g/mol. The van der Waals surface area contributed by atoms with Crippen molar-refractivity contribution in [1.29, 1.82) is 0 Å². The lowest BCUT2D eigenvalue weighted by atomic mass is 10.2. The molecule has 3 aromatic rings. The van der Waals surface area contributed by atoms with Gasteiger partial charge in [-0.15, -0.1) is 0 Å². The van der Waals surface area contributed by atoms with Gasteiger partial charge in [0.15, 0.2) is 11.6 Å². The molecule has 3 rings (SSSR count). The molecule has 0 saturated heterocycles. The third-order valence-electron chi connectivity index (χ3n) is 3.75. The van der Waals surface area contributed by atoms with Crippen LogP contribution in [0.3, 0.4) is 0 Å². The highest BCUT2D eigenvalue weighted by Gasteiger charge is 2.14. The summed E-state index contributed by atoms with van der Waals surface area (Å²) in [5, 5.41) is 0. The summed E-state index contributed by atoms with van der Waals surface area (Å²) in [5.74, 6) is -0.162. The minimum absolute atomic E-state index is 0.0827. The van der Waals surface area contributed by atoms with Gasteiger partial charge in [0.1, 0.15) is 17.8 Å². The molecule has 148 valence electrons. The van der Waals surface area contributed by atoms with E-state index in [2.05, 4.69) is 36.7 Å². The molecule has 0 aliphatic heterocycles. The molecule has 29 heavy (non-hydrogen) atoms. The zero-order chi connectivity index (χ0) is 20.6. The Hall–Kier alpha value is -4.41. The number of anilines is 3. The third-order valence-corrected chi connectivity index (χ3v) is 3.75. The summed E-state index contributed by atoms with van der Waals surface area (Å²) in [6, 6.07) is 9.99. The molecule has 1 aromatic carbocycles. The largest absolute Gasteiger partial charge is 0.496 e. The molecule has 2 heterocycles. The number of nitrogen functional groups attached to an aromatic ring is 1. The van der Waals surface area contributed by atoms with Gasteiger partial charge in [-0.05, 0) is 24.3 Å². The molecule has 6 N–H and O–H groups in total. The standard InChI is InChI=1S/C18H18N8O3/c1-29-13-7-3-2-6-12(13)18(28)26-24-16-14(19)15(21-10-22-16)23-25-17(27)11-5-4-8-20-9-11/h2-10H,19H2,1H3,(H,25,27)(H,26,28)(H2,21,22,23,24). The monoisotopic (exact) mass is 394 g/mol. The Morgan fingerprint density at radius 3 is 2.31 bits per heavy atom. The SMILES string of the molecule is COc1ccccc1C(=O)NNc1ncnc(NNC(=O)c2cccnc2)c1N. The molecular weight excluding hydrogens is 376 g/mol. The van der Waals surface area contributed by atoms with Gasteiger partial charge >= 0.3 is 0 Å². The Balaban J connectivity index is 1.64. The maximum atomic E-state index is 12.3. The maximum Gasteiger partial charge on any atom is 0.273 e. The predicted octanol–water partition coefficient (Wildman–Crippen LogP) is 0.976. The molecule has 0 radical (unpaired) electrons. The van der Waals surface area contributed by atoms with Crippen molar-refractivity contribution in [2.24, 2.45) is 0 Å². The number of hydrogen-bond donors (Lipinski definition) is 5. The van der Waals surface area contributed by atoms with Crippen LogP contribution < -0.4 is 32.2 Å². The number of para-hydroxylation sites is 1. The van der Waals surface area contributed by atoms with Crippen LogP contribution in [-0.2, 0) is 0 Å². The number of nitrogens with one attached hydrogen (secondary N) is 4. The summed E-state index contributed by atoms with van der Waals surface area (Å²) in [4.78, 5) is 36.2. The smallest absolute Gasteiger partial charge is 0.273 e. The van der Waals surface area contributed by atoms with E-state index in [0.29, 0.717) is 16.9 Å². The van der Waals surface area contributed by atoms with E-state index in [0.717, 1.165) is 0 Å². The molecule has 0 aliphatic rings. The van der Waals surface area contributed by atoms with Gasteiger partial charge in [-0.25, -0.2) is 9.97 Å². The van der Waals surface area contributed by atoms with E-state index in [1.54, 1.807) is 42.6 Å². The number of nitrogens with zero attached hydrogens (tertiary/aromatic N) is 3. The van der Waals surface area contributed by atoms with E-state index in [1.807, 2.05) is 0 Å². The number of hydrogen-bond acceptors (Lipinski definition) is 9. The number of aromatic nitrogens is 3. The number of carbonyl (C=O) groups excluding carboxylic acids is 2. The molecule has 0 spiro atoms. The molecule has 0 saturated carbocycles. The molecular formula is C18H18N8O3. The van der Waals surface area contributed by atoms with Gasteiger partial charge in [-0.1, -0.05) is 12.1 Å². The summed E-state index contributed by atoms with van der Waals surface area (Å²) in [5.41, 5.74) is 17.0. The van der Waals surface area contributed by atoms with Crippen LogP contribution in [0.15, 0.2) is 55.1 Å². The number of methoxy groups -OCH3 is 1. The van der Waals surface area contributed by atoms with Crippen molar-refractivity contribution < 1.29 is 14.3 Å². The highest BCUT2D eigenvalue weighted by molar-refractivity contribution is 5.98. The first-order valence-electron chi connectivity index (χ1n) is 8.36. The van der Waals surface area contributed by atoms with Crippen molar-refractivity contribution in [3.8, 4) is 5.75 Å². The van der Waals surface area contributed by atoms with Gasteiger partial charge in [0.05, 0.1) is 18.2 Å². The Kier molecular flexibility index (Phi) is 6.00. The van der Waals surface area contributed by atoms with Crippen LogP contribution in [0.2, 0.25) is 0 Å². The lowest BCUT2D eigenvalue weighted by Crippen LogP contribution is -2.32. The second-order valence-electron chi connectivity index (χ2n) is 5.58. The van der Waals surface area contributed by atoms with Crippen molar-refractivity contribution in [3.63, 3.8) is 0 Å². The van der Waals surface area contributed by atoms with E-state index >= 15 is 0 Å². The number of pyridine rings is 1. The number of carbonyl (C=O) groups is 2. The Morgan fingerprint density at radius 2 is 1.66 bits per heavy atom. The van der Waals surface area contributed by atoms with Gasteiger partial charge in [0.2, 0.25) is 0 Å². The summed E-state index contributed by atoms with van der Waals surface area (Å²) in [6.45, 7) is 0. The van der Waals surface area contributed by atoms with E-state index in [9.17, 15) is 9.59 Å². The first-order chi connectivity index (χ1) is 14.1. The lowest BCUT2D eigenvalue weighted by molar-refractivity contribution is 0.0952. The Morgan fingerprint density at radius 1 is 0.966 bits per heavy atom. The minimum atomic E-state index is -0.445. The third kappa shape index (κ3) is 4.66. The van der Waals surface area contributed by atoms with Gasteiger partial charge < -0.3 is 10.5 Å². The van der Waals surface area contributed by atoms with E-state index in [4.69, 9.17) is 10.5 Å². The fourth-order valence-corrected chi connectivity index (χ4v) is 2.30. The summed E-state index contributed by atoms with van der Waals surface area (Å²) in [7, 11) is 1.47. The zero-order valence-electron chi connectivity index (χ0n) is 15.3. The van der Waals surface area contributed by atoms with Crippen LogP contribution in [-0.4, -0.2) is 33.9 Å². The average Bonchev–Trinajstić information content (AvgIpc) is 2.77. The van der Waals surface area contributed by atoms with E-state index in [1.165, 1.54) is 19.6 Å². The van der Waals surface area contributed by atoms with Crippen LogP contribution >= 0.6 is 0 Å². The number of ether oxygens (including phenoxy) is 1. The number of hydrazine groups is 2. The normalized spacial score (nSPS) is 9.97. The second kappa shape index (κ2) is 8.99. The molecule has 11 nitrogen and oxygen atoms in total. The fraction of sp³-hybridized carbons (Fsp3) is 0.0556. The number of benzene rings is 1. The lowest BCUT2D eigenvalue weighted by Gasteiger charge is -2.14. The number of nitrogens with two attached hydrogens (primary N) is 1. The molecule has 0 atom stereocenters. The summed E-state index contributed by atoms with van der Waals surface area (Å²) >= 11 is 0. The molecule has 2 aromatic heterocycles. The van der Waals surface area contributed by atoms with Gasteiger partial charge in [-0.3, -0.25) is 36.3 Å². The highest BCUT2D eigenvalue weighted by Crippen LogP contribution is 2.21. The minimum Gasteiger partial charge on any atom is -0.496 e. The maximum absolute atomic E-state index is 12.3. The summed E-state index contributed by atoms with van der Waals surface area (Å²) < 4.78 is 5.16. The van der Waals surface area contributed by atoms with Crippen LogP contribution in [0.4, 0.5) is 17.3 Å².